The Morgan fingerprint density at radius 2 is 2.13 bits per heavy atom. The number of rotatable bonds is 5. The van der Waals surface area contributed by atoms with E-state index in [0.717, 1.165) is 6.07 Å². The maximum Gasteiger partial charge on any atom is 0.407 e. The lowest BCUT2D eigenvalue weighted by Gasteiger charge is -2.19. The molecular formula is C15H19FN2O5. The molecule has 0 aliphatic heterocycles. The number of amides is 1. The molecule has 0 saturated heterocycles. The number of carbonyl (C=O) groups excluding carboxylic acids is 1. The van der Waals surface area contributed by atoms with Crippen molar-refractivity contribution in [2.75, 3.05) is 6.54 Å². The lowest BCUT2D eigenvalue weighted by atomic mass is 10.1. The predicted octanol–water partition coefficient (Wildman–Crippen LogP) is 3.37. The Morgan fingerprint density at radius 1 is 1.48 bits per heavy atom. The number of phenols is 1. The van der Waals surface area contributed by atoms with Gasteiger partial charge in [0.25, 0.3) is 0 Å². The summed E-state index contributed by atoms with van der Waals surface area (Å²) < 4.78 is 18.3. The summed E-state index contributed by atoms with van der Waals surface area (Å²) in [6, 6.07) is 1.64. The Bertz CT molecular complexity index is 623. The lowest BCUT2D eigenvalue weighted by molar-refractivity contribution is -0.386. The molecule has 0 aliphatic rings. The highest BCUT2D eigenvalue weighted by molar-refractivity contribution is 5.67. The van der Waals surface area contributed by atoms with Crippen molar-refractivity contribution in [1.29, 1.82) is 0 Å². The minimum Gasteiger partial charge on any atom is -0.502 e. The van der Waals surface area contributed by atoms with Crippen LogP contribution in [-0.4, -0.2) is 28.3 Å². The largest absolute Gasteiger partial charge is 0.502 e. The molecule has 7 nitrogen and oxygen atoms in total. The van der Waals surface area contributed by atoms with Crippen LogP contribution in [0.3, 0.4) is 0 Å². The van der Waals surface area contributed by atoms with Gasteiger partial charge >= 0.3 is 11.8 Å². The molecule has 0 heterocycles. The number of hydrogen-bond donors (Lipinski definition) is 2. The lowest BCUT2D eigenvalue weighted by Crippen LogP contribution is -2.32. The molecule has 1 aromatic carbocycles. The van der Waals surface area contributed by atoms with Gasteiger partial charge in [0.15, 0.2) is 0 Å². The van der Waals surface area contributed by atoms with Crippen LogP contribution in [0, 0.1) is 15.9 Å². The smallest absolute Gasteiger partial charge is 0.407 e. The summed E-state index contributed by atoms with van der Waals surface area (Å²) in [5.41, 5.74) is -1.29. The minimum atomic E-state index is -0.861. The number of nitro benzene ring substituents is 1. The van der Waals surface area contributed by atoms with Gasteiger partial charge in [-0.15, -0.1) is 0 Å². The highest BCUT2D eigenvalue weighted by Crippen LogP contribution is 2.31. The molecule has 0 atom stereocenters. The molecule has 1 rings (SSSR count). The van der Waals surface area contributed by atoms with Crippen molar-refractivity contribution in [3.8, 4) is 5.75 Å². The fraction of sp³-hybridized carbons (Fsp3) is 0.400. The second kappa shape index (κ2) is 7.57. The minimum absolute atomic E-state index is 0.00559. The zero-order chi connectivity index (χ0) is 17.6. The third-order valence-electron chi connectivity index (χ3n) is 2.56. The second-order valence-corrected chi connectivity index (χ2v) is 5.74. The molecule has 0 bridgehead atoms. The van der Waals surface area contributed by atoms with Crippen molar-refractivity contribution in [3.63, 3.8) is 0 Å². The summed E-state index contributed by atoms with van der Waals surface area (Å²) in [6.45, 7) is 5.49. The van der Waals surface area contributed by atoms with E-state index in [1.165, 1.54) is 6.08 Å². The Labute approximate surface area is 132 Å². The number of nitrogens with one attached hydrogen (secondary N) is 1. The third-order valence-corrected chi connectivity index (χ3v) is 2.56. The maximum absolute atomic E-state index is 13.3. The zero-order valence-corrected chi connectivity index (χ0v) is 13.1. The molecule has 0 fully saturated rings. The van der Waals surface area contributed by atoms with Gasteiger partial charge in [-0.25, -0.2) is 9.18 Å². The third kappa shape index (κ3) is 6.33. The fourth-order valence-electron chi connectivity index (χ4n) is 1.65. The van der Waals surface area contributed by atoms with E-state index in [1.54, 1.807) is 26.8 Å². The second-order valence-electron chi connectivity index (χ2n) is 5.74. The summed E-state index contributed by atoms with van der Waals surface area (Å²) in [4.78, 5) is 21.2. The van der Waals surface area contributed by atoms with Gasteiger partial charge in [0.2, 0.25) is 5.75 Å². The van der Waals surface area contributed by atoms with Gasteiger partial charge in [0.05, 0.1) is 11.0 Å². The number of nitrogens with zero attached hydrogens (tertiary/aromatic N) is 1. The SMILES string of the molecule is CC(C)(C)OC(=O)NCCC=Cc1cc(F)cc([N+](=O)[O-])c1O. The zero-order valence-electron chi connectivity index (χ0n) is 13.1. The van der Waals surface area contributed by atoms with Crippen molar-refractivity contribution in [2.24, 2.45) is 0 Å². The predicted molar refractivity (Wildman–Crippen MR) is 82.6 cm³/mol. The first-order valence-corrected chi connectivity index (χ1v) is 6.90. The standard InChI is InChI=1S/C15H19FN2O5/c1-15(2,3)23-14(20)17-7-5-4-6-10-8-11(16)9-12(13(10)19)18(21)22/h4,6,8-9,19H,5,7H2,1-3H3,(H,17,20). The molecular weight excluding hydrogens is 307 g/mol. The molecule has 8 heteroatoms. The average Bonchev–Trinajstić information content (AvgIpc) is 2.39. The summed E-state index contributed by atoms with van der Waals surface area (Å²) >= 11 is 0. The van der Waals surface area contributed by atoms with Crippen molar-refractivity contribution in [3.05, 3.63) is 39.7 Å². The Balaban J connectivity index is 2.59. The molecule has 0 spiro atoms. The summed E-state index contributed by atoms with van der Waals surface area (Å²) in [7, 11) is 0. The number of hydrogen-bond acceptors (Lipinski definition) is 5. The van der Waals surface area contributed by atoms with Crippen LogP contribution in [0.2, 0.25) is 0 Å². The van der Waals surface area contributed by atoms with Crippen LogP contribution in [0.25, 0.3) is 6.08 Å². The Morgan fingerprint density at radius 3 is 2.70 bits per heavy atom. The van der Waals surface area contributed by atoms with Crippen molar-refractivity contribution >= 4 is 17.9 Å². The van der Waals surface area contributed by atoms with E-state index in [0.29, 0.717) is 12.5 Å². The van der Waals surface area contributed by atoms with Crippen LogP contribution in [0.15, 0.2) is 18.2 Å². The van der Waals surface area contributed by atoms with Crippen molar-refractivity contribution in [2.45, 2.75) is 32.8 Å². The number of carbonyl (C=O) groups is 1. The summed E-state index contributed by atoms with van der Waals surface area (Å²) in [5, 5.41) is 22.9. The monoisotopic (exact) mass is 326 g/mol. The molecule has 126 valence electrons. The number of ether oxygens (including phenoxy) is 1. The number of nitro groups is 1. The molecule has 0 aliphatic carbocycles. The van der Waals surface area contributed by atoms with Crippen molar-refractivity contribution in [1.82, 2.24) is 5.32 Å². The number of aromatic hydroxyl groups is 1. The summed E-state index contributed by atoms with van der Waals surface area (Å²) in [6.07, 6.45) is 2.72. The fourth-order valence-corrected chi connectivity index (χ4v) is 1.65. The molecule has 0 aromatic heterocycles. The van der Waals surface area contributed by atoms with Gasteiger partial charge in [0.1, 0.15) is 11.4 Å². The number of phenolic OH excluding ortho intramolecular Hbond substituents is 1. The first-order valence-electron chi connectivity index (χ1n) is 6.90. The number of benzene rings is 1. The van der Waals surface area contributed by atoms with Gasteiger partial charge in [-0.2, -0.15) is 0 Å². The van der Waals surface area contributed by atoms with Crippen molar-refractivity contribution < 1.29 is 24.0 Å². The molecule has 2 N–H and O–H groups in total. The molecule has 1 aromatic rings. The molecule has 0 radical (unpaired) electrons. The number of halogens is 1. The topological polar surface area (TPSA) is 102 Å². The van der Waals surface area contributed by atoms with E-state index < -0.39 is 33.9 Å². The maximum atomic E-state index is 13.3. The van der Waals surface area contributed by atoms with E-state index in [2.05, 4.69) is 5.32 Å². The van der Waals surface area contributed by atoms with Gasteiger partial charge in [-0.1, -0.05) is 12.2 Å². The van der Waals surface area contributed by atoms with E-state index >= 15 is 0 Å². The van der Waals surface area contributed by atoms with Gasteiger partial charge < -0.3 is 15.2 Å². The first kappa shape index (κ1) is 18.4. The Hall–Kier alpha value is -2.64. The van der Waals surface area contributed by atoms with Gasteiger partial charge in [0, 0.05) is 12.1 Å². The van der Waals surface area contributed by atoms with E-state index in [4.69, 9.17) is 4.74 Å². The van der Waals surface area contributed by atoms with E-state index in [-0.39, 0.29) is 12.1 Å². The normalized spacial score (nSPS) is 11.5. The van der Waals surface area contributed by atoms with Crippen LogP contribution in [0.4, 0.5) is 14.9 Å². The summed E-state index contributed by atoms with van der Waals surface area (Å²) in [5.74, 6) is -1.42. The van der Waals surface area contributed by atoms with Crippen LogP contribution in [-0.2, 0) is 4.74 Å². The van der Waals surface area contributed by atoms with Crippen LogP contribution >= 0.6 is 0 Å². The van der Waals surface area contributed by atoms with Crippen LogP contribution in [0.1, 0.15) is 32.8 Å². The van der Waals surface area contributed by atoms with Crippen LogP contribution in [0.5, 0.6) is 5.75 Å². The highest BCUT2D eigenvalue weighted by atomic mass is 19.1. The quantitative estimate of drug-likeness (QED) is 0.491. The van der Waals surface area contributed by atoms with Gasteiger partial charge in [-0.05, 0) is 33.3 Å². The van der Waals surface area contributed by atoms with E-state index in [9.17, 15) is 24.4 Å². The Kier molecular flexibility index (Phi) is 6.06. The number of alkyl carbamates (subject to hydrolysis) is 1. The molecule has 1 amide bonds. The van der Waals surface area contributed by atoms with E-state index in [1.807, 2.05) is 0 Å². The average molecular weight is 326 g/mol. The van der Waals surface area contributed by atoms with Crippen LogP contribution < -0.4 is 5.32 Å². The first-order chi connectivity index (χ1) is 10.6. The van der Waals surface area contributed by atoms with Gasteiger partial charge in [-0.3, -0.25) is 10.1 Å². The molecule has 0 unspecified atom stereocenters. The molecule has 0 saturated carbocycles. The highest BCUT2D eigenvalue weighted by Gasteiger charge is 2.18. The molecule has 23 heavy (non-hydrogen) atoms.